The zero-order chi connectivity index (χ0) is 28.7. The van der Waals surface area contributed by atoms with E-state index in [0.29, 0.717) is 37.2 Å². The van der Waals surface area contributed by atoms with Crippen LogP contribution in [-0.2, 0) is 17.9 Å². The third-order valence-corrected chi connectivity index (χ3v) is 9.18. The predicted octanol–water partition coefficient (Wildman–Crippen LogP) is 5.96. The van der Waals surface area contributed by atoms with Gasteiger partial charge in [0, 0.05) is 30.6 Å². The number of carbonyl (C=O) groups is 1. The third-order valence-electron chi connectivity index (χ3n) is 9.18. The minimum absolute atomic E-state index is 0. The number of rotatable bonds is 10. The molecular formula is C32H44N8O2S. The summed E-state index contributed by atoms with van der Waals surface area (Å²) in [6.45, 7) is 1.06. The Morgan fingerprint density at radius 1 is 1.00 bits per heavy atom. The number of hydrogen-bond acceptors (Lipinski definition) is 8. The highest BCUT2D eigenvalue weighted by atomic mass is 32.1. The average Bonchev–Trinajstić information content (AvgIpc) is 3.55. The molecule has 0 saturated heterocycles. The third kappa shape index (κ3) is 7.68. The normalized spacial score (nSPS) is 18.2. The van der Waals surface area contributed by atoms with Crippen molar-refractivity contribution in [1.29, 1.82) is 0 Å². The Hall–Kier alpha value is -3.60. The number of nitrogens with two attached hydrogens (primary N) is 1. The number of hydrogen-bond donors (Lipinski definition) is 2. The standard InChI is InChI=1S/C32H42N8O2.H2S/c33-32-34-28-17-16-27(42-26-14-8-3-9-15-26)20-24(28)21-40(32)29(23-10-4-1-5-11-23)18-19-31(41)39(22-30-35-37-38-36-30)25-12-6-2-7-13-25;/h3,8-9,14-17,20,23,25,29H,1-2,4-7,10-13,18-19,21-22H2,(H2,33,34)(H,35,36,37,38);1H2/t29-;/m0./s1. The quantitative estimate of drug-likeness (QED) is 0.293. The van der Waals surface area contributed by atoms with Crippen LogP contribution in [0.4, 0.5) is 5.69 Å². The molecule has 2 aromatic carbocycles. The fourth-order valence-electron chi connectivity index (χ4n) is 7.02. The van der Waals surface area contributed by atoms with Crippen LogP contribution in [0.3, 0.4) is 0 Å². The van der Waals surface area contributed by atoms with Crippen LogP contribution in [0.15, 0.2) is 53.5 Å². The first-order valence-electron chi connectivity index (χ1n) is 15.6. The molecule has 10 nitrogen and oxygen atoms in total. The maximum atomic E-state index is 13.9. The second-order valence-electron chi connectivity index (χ2n) is 11.9. The van der Waals surface area contributed by atoms with Crippen molar-refractivity contribution in [1.82, 2.24) is 30.4 Å². The smallest absolute Gasteiger partial charge is 0.223 e. The fourth-order valence-corrected chi connectivity index (χ4v) is 7.02. The number of tetrazole rings is 1. The predicted molar refractivity (Wildman–Crippen MR) is 171 cm³/mol. The number of ether oxygens (including phenoxy) is 1. The number of para-hydroxylation sites is 1. The molecule has 2 fully saturated rings. The molecule has 230 valence electrons. The van der Waals surface area contributed by atoms with Crippen molar-refractivity contribution in [2.75, 3.05) is 0 Å². The van der Waals surface area contributed by atoms with Crippen LogP contribution in [0.25, 0.3) is 0 Å². The minimum atomic E-state index is 0. The molecule has 0 radical (unpaired) electrons. The molecule has 11 heteroatoms. The number of amides is 1. The van der Waals surface area contributed by atoms with Crippen LogP contribution in [0.1, 0.15) is 88.4 Å². The van der Waals surface area contributed by atoms with Gasteiger partial charge in [0.2, 0.25) is 5.91 Å². The van der Waals surface area contributed by atoms with Crippen molar-refractivity contribution in [2.45, 2.75) is 102 Å². The highest BCUT2D eigenvalue weighted by Gasteiger charge is 2.34. The number of fused-ring (bicyclic) bond motifs is 1. The molecule has 3 N–H and O–H groups in total. The summed E-state index contributed by atoms with van der Waals surface area (Å²) in [4.78, 5) is 23.0. The molecule has 43 heavy (non-hydrogen) atoms. The molecule has 1 amide bonds. The van der Waals surface area contributed by atoms with Gasteiger partial charge in [0.1, 0.15) is 11.5 Å². The summed E-state index contributed by atoms with van der Waals surface area (Å²) in [6, 6.07) is 16.2. The zero-order valence-corrected chi connectivity index (χ0v) is 25.8. The maximum absolute atomic E-state index is 13.9. The van der Waals surface area contributed by atoms with Gasteiger partial charge in [0.25, 0.3) is 0 Å². The molecule has 0 bridgehead atoms. The summed E-state index contributed by atoms with van der Waals surface area (Å²) in [7, 11) is 0. The number of aromatic amines is 1. The van der Waals surface area contributed by atoms with Gasteiger partial charge >= 0.3 is 0 Å². The van der Waals surface area contributed by atoms with Gasteiger partial charge in [-0.1, -0.05) is 61.9 Å². The average molecular weight is 605 g/mol. The molecule has 2 heterocycles. The monoisotopic (exact) mass is 604 g/mol. The Balaban J connectivity index is 0.00000368. The van der Waals surface area contributed by atoms with Crippen LogP contribution < -0.4 is 10.5 Å². The van der Waals surface area contributed by atoms with Gasteiger partial charge < -0.3 is 20.3 Å². The number of aromatic nitrogens is 4. The maximum Gasteiger partial charge on any atom is 0.223 e. The van der Waals surface area contributed by atoms with Crippen LogP contribution >= 0.6 is 13.5 Å². The Bertz CT molecular complexity index is 1340. The van der Waals surface area contributed by atoms with E-state index in [1.807, 2.05) is 47.4 Å². The number of aliphatic imine (C=N–C) groups is 1. The first kappa shape index (κ1) is 30.8. The number of benzene rings is 2. The summed E-state index contributed by atoms with van der Waals surface area (Å²) in [5.41, 5.74) is 8.63. The lowest BCUT2D eigenvalue weighted by Crippen LogP contribution is -2.50. The van der Waals surface area contributed by atoms with Gasteiger partial charge in [-0.2, -0.15) is 18.7 Å². The zero-order valence-electron chi connectivity index (χ0n) is 24.8. The van der Waals surface area contributed by atoms with Crippen molar-refractivity contribution < 1.29 is 9.53 Å². The number of nitrogens with zero attached hydrogens (tertiary/aromatic N) is 6. The van der Waals surface area contributed by atoms with Crippen molar-refractivity contribution in [3.63, 3.8) is 0 Å². The minimum Gasteiger partial charge on any atom is -0.457 e. The number of guanidine groups is 1. The molecule has 0 spiro atoms. The number of H-pyrrole nitrogens is 1. The Morgan fingerprint density at radius 3 is 2.47 bits per heavy atom. The Morgan fingerprint density at radius 2 is 1.74 bits per heavy atom. The largest absolute Gasteiger partial charge is 0.457 e. The van der Waals surface area contributed by atoms with Gasteiger partial charge in [-0.3, -0.25) is 4.79 Å². The molecular weight excluding hydrogens is 560 g/mol. The summed E-state index contributed by atoms with van der Waals surface area (Å²) in [5, 5.41) is 14.5. The second-order valence-corrected chi connectivity index (χ2v) is 11.9. The van der Waals surface area contributed by atoms with E-state index in [-0.39, 0.29) is 31.5 Å². The molecule has 3 aliphatic rings. The number of carbonyl (C=O) groups excluding carboxylic acids is 1. The van der Waals surface area contributed by atoms with Gasteiger partial charge in [0.05, 0.1) is 12.2 Å². The van der Waals surface area contributed by atoms with Crippen molar-refractivity contribution in [3.05, 3.63) is 59.9 Å². The van der Waals surface area contributed by atoms with Crippen molar-refractivity contribution in [3.8, 4) is 11.5 Å². The Labute approximate surface area is 260 Å². The van der Waals surface area contributed by atoms with E-state index in [2.05, 4.69) is 31.6 Å². The molecule has 1 aromatic heterocycles. The van der Waals surface area contributed by atoms with E-state index >= 15 is 0 Å². The van der Waals surface area contributed by atoms with Gasteiger partial charge in [-0.15, -0.1) is 10.2 Å². The molecule has 2 saturated carbocycles. The lowest BCUT2D eigenvalue weighted by Gasteiger charge is -2.41. The molecule has 6 rings (SSSR count). The van der Waals surface area contributed by atoms with Crippen LogP contribution in [-0.4, -0.2) is 54.4 Å². The lowest BCUT2D eigenvalue weighted by atomic mass is 9.81. The lowest BCUT2D eigenvalue weighted by molar-refractivity contribution is -0.135. The van der Waals surface area contributed by atoms with E-state index in [1.165, 1.54) is 25.7 Å². The van der Waals surface area contributed by atoms with E-state index < -0.39 is 0 Å². The van der Waals surface area contributed by atoms with Crippen LogP contribution in [0, 0.1) is 5.92 Å². The van der Waals surface area contributed by atoms with Crippen molar-refractivity contribution >= 4 is 31.0 Å². The summed E-state index contributed by atoms with van der Waals surface area (Å²) < 4.78 is 6.12. The molecule has 1 aliphatic heterocycles. The van der Waals surface area contributed by atoms with Gasteiger partial charge in [-0.25, -0.2) is 4.99 Å². The number of nitrogens with one attached hydrogen (secondary N) is 1. The van der Waals surface area contributed by atoms with Gasteiger partial charge in [0.15, 0.2) is 11.8 Å². The van der Waals surface area contributed by atoms with Crippen LogP contribution in [0.5, 0.6) is 11.5 Å². The summed E-state index contributed by atoms with van der Waals surface area (Å²) >= 11 is 0. The fraction of sp³-hybridized carbons (Fsp3) is 0.531. The summed E-state index contributed by atoms with van der Waals surface area (Å²) in [6.07, 6.45) is 12.8. The van der Waals surface area contributed by atoms with Gasteiger partial charge in [-0.05, 0) is 68.4 Å². The SMILES string of the molecule is NC1=Nc2ccc(Oc3ccccc3)cc2CN1[C@@H](CCC(=O)N(Cc1nn[nH]n1)C1CCCCC1)C1CCCCC1.S. The highest BCUT2D eigenvalue weighted by Crippen LogP contribution is 2.37. The highest BCUT2D eigenvalue weighted by molar-refractivity contribution is 7.59. The molecule has 2 aliphatic carbocycles. The topological polar surface area (TPSA) is 126 Å². The van der Waals surface area contributed by atoms with E-state index in [0.717, 1.165) is 67.7 Å². The first-order chi connectivity index (χ1) is 20.6. The summed E-state index contributed by atoms with van der Waals surface area (Å²) in [5.74, 6) is 3.33. The molecule has 1 atom stereocenters. The second kappa shape index (κ2) is 14.7. The van der Waals surface area contributed by atoms with E-state index in [9.17, 15) is 4.79 Å². The molecule has 0 unspecified atom stereocenters. The van der Waals surface area contributed by atoms with Crippen LogP contribution in [0.2, 0.25) is 0 Å². The first-order valence-corrected chi connectivity index (χ1v) is 15.6. The van der Waals surface area contributed by atoms with E-state index in [1.54, 1.807) is 0 Å². The van der Waals surface area contributed by atoms with E-state index in [4.69, 9.17) is 15.5 Å². The van der Waals surface area contributed by atoms with Crippen molar-refractivity contribution in [2.24, 2.45) is 16.6 Å². The Kier molecular flexibility index (Phi) is 10.6. The molecule has 3 aromatic rings.